The lowest BCUT2D eigenvalue weighted by Gasteiger charge is -2.23. The number of aliphatic carboxylic acids is 1. The lowest BCUT2D eigenvalue weighted by molar-refractivity contribution is -0.138. The fourth-order valence-electron chi connectivity index (χ4n) is 2.03. The molecular formula is C11H11N3O2. The Morgan fingerprint density at radius 2 is 2.50 bits per heavy atom. The summed E-state index contributed by atoms with van der Waals surface area (Å²) in [7, 11) is 0. The van der Waals surface area contributed by atoms with Crippen LogP contribution in [0.3, 0.4) is 0 Å². The molecule has 16 heavy (non-hydrogen) atoms. The van der Waals surface area contributed by atoms with Gasteiger partial charge in [0, 0.05) is 12.7 Å². The molecule has 1 saturated heterocycles. The van der Waals surface area contributed by atoms with E-state index < -0.39 is 12.0 Å². The highest BCUT2D eigenvalue weighted by atomic mass is 16.4. The van der Waals surface area contributed by atoms with Crippen molar-refractivity contribution in [3.63, 3.8) is 0 Å². The monoisotopic (exact) mass is 217 g/mol. The number of carboxylic acids is 1. The summed E-state index contributed by atoms with van der Waals surface area (Å²) < 4.78 is 0. The Labute approximate surface area is 92.9 Å². The Balaban J connectivity index is 2.37. The van der Waals surface area contributed by atoms with E-state index >= 15 is 0 Å². The molecule has 0 saturated carbocycles. The standard InChI is InChI=1S/C11H11N3O2/c12-7-8-9(3-1-5-13-8)14-6-2-4-10(14)11(15)16/h1,3,5,10H,2,4,6H2,(H,15,16). The molecule has 0 amide bonds. The van der Waals surface area contributed by atoms with E-state index in [4.69, 9.17) is 10.4 Å². The number of hydrogen-bond donors (Lipinski definition) is 1. The summed E-state index contributed by atoms with van der Waals surface area (Å²) >= 11 is 0. The van der Waals surface area contributed by atoms with Crippen LogP contribution in [-0.2, 0) is 4.79 Å². The zero-order chi connectivity index (χ0) is 11.5. The van der Waals surface area contributed by atoms with Crippen molar-refractivity contribution < 1.29 is 9.90 Å². The van der Waals surface area contributed by atoms with Crippen LogP contribution in [0.2, 0.25) is 0 Å². The molecule has 1 N–H and O–H groups in total. The van der Waals surface area contributed by atoms with Gasteiger partial charge in [0.15, 0.2) is 5.69 Å². The van der Waals surface area contributed by atoms with Gasteiger partial charge < -0.3 is 10.0 Å². The van der Waals surface area contributed by atoms with Crippen LogP contribution in [0.25, 0.3) is 0 Å². The maximum Gasteiger partial charge on any atom is 0.326 e. The van der Waals surface area contributed by atoms with Crippen molar-refractivity contribution in [2.24, 2.45) is 0 Å². The Bertz CT molecular complexity index is 453. The molecular weight excluding hydrogens is 206 g/mol. The molecule has 1 aromatic heterocycles. The van der Waals surface area contributed by atoms with Crippen molar-refractivity contribution in [3.8, 4) is 6.07 Å². The zero-order valence-electron chi connectivity index (χ0n) is 8.63. The number of nitriles is 1. The maximum absolute atomic E-state index is 11.0. The molecule has 1 aliphatic heterocycles. The van der Waals surface area contributed by atoms with Crippen molar-refractivity contribution >= 4 is 11.7 Å². The summed E-state index contributed by atoms with van der Waals surface area (Å²) in [4.78, 5) is 16.7. The van der Waals surface area contributed by atoms with Gasteiger partial charge in [-0.05, 0) is 25.0 Å². The van der Waals surface area contributed by atoms with E-state index in [-0.39, 0.29) is 5.69 Å². The second kappa shape index (κ2) is 4.19. The molecule has 1 fully saturated rings. The first kappa shape index (κ1) is 10.4. The van der Waals surface area contributed by atoms with Crippen LogP contribution in [0.5, 0.6) is 0 Å². The third-order valence-electron chi connectivity index (χ3n) is 2.74. The van der Waals surface area contributed by atoms with E-state index in [2.05, 4.69) is 4.98 Å². The highest BCUT2D eigenvalue weighted by molar-refractivity contribution is 5.79. The normalized spacial score (nSPS) is 19.4. The molecule has 1 unspecified atom stereocenters. The first-order chi connectivity index (χ1) is 7.74. The minimum absolute atomic E-state index is 0.288. The lowest BCUT2D eigenvalue weighted by atomic mass is 10.2. The van der Waals surface area contributed by atoms with Crippen molar-refractivity contribution in [1.29, 1.82) is 5.26 Å². The van der Waals surface area contributed by atoms with Crippen molar-refractivity contribution in [1.82, 2.24) is 4.98 Å². The number of nitrogens with zero attached hydrogens (tertiary/aromatic N) is 3. The third-order valence-corrected chi connectivity index (χ3v) is 2.74. The Kier molecular flexibility index (Phi) is 2.73. The average Bonchev–Trinajstić information content (AvgIpc) is 2.77. The number of carbonyl (C=O) groups is 1. The van der Waals surface area contributed by atoms with Gasteiger partial charge in [-0.15, -0.1) is 0 Å². The van der Waals surface area contributed by atoms with Crippen LogP contribution in [-0.4, -0.2) is 28.6 Å². The van der Waals surface area contributed by atoms with Crippen LogP contribution >= 0.6 is 0 Å². The highest BCUT2D eigenvalue weighted by Crippen LogP contribution is 2.27. The Morgan fingerprint density at radius 3 is 3.19 bits per heavy atom. The minimum atomic E-state index is -0.842. The quantitative estimate of drug-likeness (QED) is 0.799. The fraction of sp³-hybridized carbons (Fsp3) is 0.364. The smallest absolute Gasteiger partial charge is 0.326 e. The number of rotatable bonds is 2. The Morgan fingerprint density at radius 1 is 1.69 bits per heavy atom. The number of carboxylic acid groups (broad SMARTS) is 1. The van der Waals surface area contributed by atoms with Gasteiger partial charge in [0.05, 0.1) is 5.69 Å². The zero-order valence-corrected chi connectivity index (χ0v) is 8.63. The molecule has 5 nitrogen and oxygen atoms in total. The van der Waals surface area contributed by atoms with Crippen LogP contribution in [0.1, 0.15) is 18.5 Å². The Hall–Kier alpha value is -2.09. The molecule has 0 radical (unpaired) electrons. The van der Waals surface area contributed by atoms with Crippen LogP contribution < -0.4 is 4.90 Å². The highest BCUT2D eigenvalue weighted by Gasteiger charge is 2.31. The molecule has 82 valence electrons. The van der Waals surface area contributed by atoms with Crippen LogP contribution in [0.4, 0.5) is 5.69 Å². The van der Waals surface area contributed by atoms with Gasteiger partial charge in [0.1, 0.15) is 12.1 Å². The molecule has 2 heterocycles. The predicted molar refractivity (Wildman–Crippen MR) is 57.0 cm³/mol. The fourth-order valence-corrected chi connectivity index (χ4v) is 2.03. The number of aromatic nitrogens is 1. The molecule has 0 aromatic carbocycles. The molecule has 5 heteroatoms. The summed E-state index contributed by atoms with van der Waals surface area (Å²) in [6.45, 7) is 0.664. The van der Waals surface area contributed by atoms with Crippen LogP contribution in [0.15, 0.2) is 18.3 Å². The summed E-state index contributed by atoms with van der Waals surface area (Å²) in [6, 6.07) is 4.91. The van der Waals surface area contributed by atoms with E-state index in [0.717, 1.165) is 6.42 Å². The van der Waals surface area contributed by atoms with Crippen LogP contribution in [0, 0.1) is 11.3 Å². The van der Waals surface area contributed by atoms with Gasteiger partial charge >= 0.3 is 5.97 Å². The second-order valence-corrected chi connectivity index (χ2v) is 3.67. The van der Waals surface area contributed by atoms with E-state index in [0.29, 0.717) is 18.7 Å². The van der Waals surface area contributed by atoms with E-state index in [1.165, 1.54) is 6.20 Å². The van der Waals surface area contributed by atoms with Crippen molar-refractivity contribution in [3.05, 3.63) is 24.0 Å². The second-order valence-electron chi connectivity index (χ2n) is 3.67. The van der Waals surface area contributed by atoms with Gasteiger partial charge in [-0.1, -0.05) is 0 Å². The van der Waals surface area contributed by atoms with Gasteiger partial charge in [0.2, 0.25) is 0 Å². The lowest BCUT2D eigenvalue weighted by Crippen LogP contribution is -2.36. The molecule has 0 aliphatic carbocycles. The maximum atomic E-state index is 11.0. The summed E-state index contributed by atoms with van der Waals surface area (Å²) in [5, 5.41) is 18.0. The molecule has 1 aromatic rings. The van der Waals surface area contributed by atoms with Gasteiger partial charge in [-0.2, -0.15) is 5.26 Å². The first-order valence-corrected chi connectivity index (χ1v) is 5.08. The number of pyridine rings is 1. The topological polar surface area (TPSA) is 77.2 Å². The van der Waals surface area contributed by atoms with Crippen molar-refractivity contribution in [2.75, 3.05) is 11.4 Å². The minimum Gasteiger partial charge on any atom is -0.480 e. The molecule has 2 rings (SSSR count). The predicted octanol–water partition coefficient (Wildman–Crippen LogP) is 1.01. The number of anilines is 1. The van der Waals surface area contributed by atoms with Gasteiger partial charge in [0.25, 0.3) is 0 Å². The molecule has 1 aliphatic rings. The molecule has 0 spiro atoms. The first-order valence-electron chi connectivity index (χ1n) is 5.08. The molecule has 0 bridgehead atoms. The molecule has 1 atom stereocenters. The third kappa shape index (κ3) is 1.70. The van der Waals surface area contributed by atoms with E-state index in [1.807, 2.05) is 6.07 Å². The van der Waals surface area contributed by atoms with Gasteiger partial charge in [-0.3, -0.25) is 0 Å². The average molecular weight is 217 g/mol. The van der Waals surface area contributed by atoms with Crippen molar-refractivity contribution in [2.45, 2.75) is 18.9 Å². The SMILES string of the molecule is N#Cc1ncccc1N1CCCC1C(=O)O. The largest absolute Gasteiger partial charge is 0.480 e. The number of hydrogen-bond acceptors (Lipinski definition) is 4. The summed E-state index contributed by atoms with van der Waals surface area (Å²) in [5.41, 5.74) is 0.908. The summed E-state index contributed by atoms with van der Waals surface area (Å²) in [6.07, 6.45) is 2.99. The summed E-state index contributed by atoms with van der Waals surface area (Å²) in [5.74, 6) is -0.842. The van der Waals surface area contributed by atoms with Gasteiger partial charge in [-0.25, -0.2) is 9.78 Å². The van der Waals surface area contributed by atoms with E-state index in [9.17, 15) is 4.79 Å². The van der Waals surface area contributed by atoms with E-state index in [1.54, 1.807) is 17.0 Å².